The van der Waals surface area contributed by atoms with Crippen molar-refractivity contribution in [2.45, 2.75) is 0 Å². The van der Waals surface area contributed by atoms with Crippen molar-refractivity contribution < 1.29 is 157 Å². The number of rotatable bonds is 0. The molecule has 0 bridgehead atoms. The van der Waals surface area contributed by atoms with Gasteiger partial charge in [0.25, 0.3) is 0 Å². The zero-order valence-electron chi connectivity index (χ0n) is 12.7. The van der Waals surface area contributed by atoms with Crippen LogP contribution < -0.4 is 0 Å². The van der Waals surface area contributed by atoms with E-state index in [1.807, 2.05) is 0 Å². The van der Waals surface area contributed by atoms with Gasteiger partial charge in [-0.1, -0.05) is 0 Å². The molecule has 0 atom stereocenters. The van der Waals surface area contributed by atoms with Crippen LogP contribution in [0.5, 0.6) is 0 Å². The molecule has 0 aliphatic rings. The zero-order chi connectivity index (χ0) is 14.3. The fourth-order valence-electron chi connectivity index (χ4n) is 0. The molecule has 0 aromatic carbocycles. The predicted molar refractivity (Wildman–Crippen MR) is 77.6 cm³/mol. The first-order valence-electron chi connectivity index (χ1n) is 2.19. The van der Waals surface area contributed by atoms with Crippen LogP contribution in [0.3, 0.4) is 0 Å². The van der Waals surface area contributed by atoms with Crippen LogP contribution in [0, 0.1) is 143 Å². The van der Waals surface area contributed by atoms with Crippen LogP contribution in [0.1, 0.15) is 0 Å². The first-order chi connectivity index (χ1) is 6.93. The summed E-state index contributed by atoms with van der Waals surface area (Å²) in [5.41, 5.74) is 0. The van der Waals surface area contributed by atoms with E-state index in [0.717, 1.165) is 0 Å². The van der Waals surface area contributed by atoms with Crippen LogP contribution in [0.4, 0.5) is 0 Å². The molecule has 0 aliphatic heterocycles. The van der Waals surface area contributed by atoms with Gasteiger partial charge in [-0.25, -0.2) is 0 Å². The molecule has 0 aromatic rings. The Hall–Kier alpha value is -0.899. The van der Waals surface area contributed by atoms with Crippen LogP contribution in [-0.2, 0) is 0 Å². The smallest absolute Gasteiger partial charge is 0.412 e. The summed E-state index contributed by atoms with van der Waals surface area (Å²) in [6, 6.07) is 0. The van der Waals surface area contributed by atoms with Gasteiger partial charge in [0.2, 0.25) is 0 Å². The number of nitrogens with zero attached hydrogens (tertiary/aromatic N) is 4. The maximum absolute atomic E-state index is 8.25. The molecule has 2 radical (unpaired) electrons. The van der Waals surface area contributed by atoms with E-state index >= 15 is 0 Å². The molecule has 0 saturated heterocycles. The minimum Gasteiger partial charge on any atom is -0.412 e. The molecule has 28 heavy (non-hydrogen) atoms. The van der Waals surface area contributed by atoms with E-state index < -0.39 is 20.3 Å². The monoisotopic (exact) mass is 712 g/mol. The van der Waals surface area contributed by atoms with Gasteiger partial charge in [-0.2, -0.15) is 0 Å². The first-order valence-corrected chi connectivity index (χ1v) is 2.19. The molecule has 28 heteroatoms. The molecule has 0 saturated carbocycles. The minimum absolute atomic E-state index is 0. The summed E-state index contributed by atoms with van der Waals surface area (Å²) in [5, 5.41) is 59.0. The number of hydrogen-bond donors (Lipinski definition) is 0. The van der Waals surface area contributed by atoms with E-state index in [1.54, 1.807) is 0 Å². The molecule has 20 N–H and O–H groups in total. The maximum Gasteiger partial charge on any atom is 3.00 e. The Labute approximate surface area is 216 Å². The van der Waals surface area contributed by atoms with E-state index in [9.17, 15) is 0 Å². The zero-order valence-corrected chi connectivity index (χ0v) is 19.1. The first kappa shape index (κ1) is 150. The van der Waals surface area contributed by atoms with Crippen molar-refractivity contribution in [2.75, 3.05) is 0 Å². The topological polar surface area (TPSA) is 580 Å². The average molecular weight is 717 g/mol. The largest absolute Gasteiger partial charge is 3.00 e. The van der Waals surface area contributed by atoms with Crippen LogP contribution in [0.25, 0.3) is 0 Å². The Morgan fingerprint density at radius 3 is 0.286 bits per heavy atom. The van der Waals surface area contributed by atoms with Gasteiger partial charge in [-0.15, -0.1) is 0 Å². The Morgan fingerprint density at radius 1 is 0.286 bits per heavy atom. The Balaban J connectivity index is -0.00000000429. The fourth-order valence-corrected chi connectivity index (χ4v) is 0. The molecule has 0 spiro atoms. The summed E-state index contributed by atoms with van der Waals surface area (Å²) < 4.78 is 0. The molecular weight excluding hydrogens is 696 g/mol. The number of hydrogen-bond acceptors (Lipinski definition) is 12. The summed E-state index contributed by atoms with van der Waals surface area (Å²) in [6.45, 7) is 0. The predicted octanol–water partition coefficient (Wildman–Crippen LogP) is -9.20. The van der Waals surface area contributed by atoms with Gasteiger partial charge >= 0.3 is 81.7 Å². The van der Waals surface area contributed by atoms with Gasteiger partial charge in [0, 0.05) is 0 Å². The second-order valence-corrected chi connectivity index (χ2v) is 0.894. The van der Waals surface area contributed by atoms with Crippen molar-refractivity contribution >= 4 is 0 Å². The fraction of sp³-hybridized carbons (Fsp3) is 0. The van der Waals surface area contributed by atoms with Crippen molar-refractivity contribution in [2.24, 2.45) is 0 Å². The molecular formula is H20N4Nd2O22+2. The van der Waals surface area contributed by atoms with Gasteiger partial charge in [-0.05, 0) is 0 Å². The van der Waals surface area contributed by atoms with Crippen LogP contribution >= 0.6 is 0 Å². The van der Waals surface area contributed by atoms with Gasteiger partial charge < -0.3 is 116 Å². The summed E-state index contributed by atoms with van der Waals surface area (Å²) >= 11 is 0. The summed E-state index contributed by atoms with van der Waals surface area (Å²) in [7, 11) is 0. The van der Waals surface area contributed by atoms with E-state index in [2.05, 4.69) is 0 Å². The van der Waals surface area contributed by atoms with Crippen LogP contribution in [-0.4, -0.2) is 75.1 Å². The molecule has 178 valence electrons. The maximum atomic E-state index is 8.25. The van der Waals surface area contributed by atoms with Crippen LogP contribution in [0.2, 0.25) is 0 Å². The van der Waals surface area contributed by atoms with Crippen molar-refractivity contribution in [3.8, 4) is 0 Å². The third-order valence-corrected chi connectivity index (χ3v) is 0. The van der Waals surface area contributed by atoms with Crippen molar-refractivity contribution in [3.63, 3.8) is 0 Å². The Bertz CT molecular complexity index is 167. The molecule has 0 amide bonds. The second-order valence-electron chi connectivity index (χ2n) is 0.894. The summed E-state index contributed by atoms with van der Waals surface area (Å²) in [6.07, 6.45) is 0. The SMILES string of the molecule is O.O.O.O.O.O.O.O.O.O.O=[N+]([O-])[O-].O=[N+]([O-])[O-].O=[N+]([O-])[O-].O=[N+]([O-])[O-].[Nd+3].[Nd+3]. The Kier molecular flexibility index (Phi) is 714. The minimum atomic E-state index is -1.75. The van der Waals surface area contributed by atoms with E-state index in [4.69, 9.17) is 61.3 Å². The third kappa shape index (κ3) is 18100. The molecule has 0 rings (SSSR count). The van der Waals surface area contributed by atoms with E-state index in [-0.39, 0.29) is 136 Å². The third-order valence-electron chi connectivity index (χ3n) is 0. The van der Waals surface area contributed by atoms with Gasteiger partial charge in [-0.3, -0.25) is 0 Å². The Morgan fingerprint density at radius 2 is 0.286 bits per heavy atom. The molecule has 0 fully saturated rings. The van der Waals surface area contributed by atoms with E-state index in [1.165, 1.54) is 0 Å². The van der Waals surface area contributed by atoms with Crippen molar-refractivity contribution in [1.82, 2.24) is 0 Å². The standard InChI is InChI=1S/4NO3.2Nd.10H2O/c4*2-1(3)4;;;;;;;;;;;;/h;;;;;;10*1H2/q4*-1;2*+3;;;;;;;;;;. The van der Waals surface area contributed by atoms with Gasteiger partial charge in [0.15, 0.2) is 0 Å². The summed E-state index contributed by atoms with van der Waals surface area (Å²) in [4.78, 5) is 33.0. The molecule has 0 aliphatic carbocycles. The summed E-state index contributed by atoms with van der Waals surface area (Å²) in [5.74, 6) is 0. The quantitative estimate of drug-likeness (QED) is 0.167. The second kappa shape index (κ2) is 133. The van der Waals surface area contributed by atoms with Crippen molar-refractivity contribution in [3.05, 3.63) is 61.3 Å². The molecule has 0 unspecified atom stereocenters. The average Bonchev–Trinajstić information content (AvgIpc) is 1.76. The van der Waals surface area contributed by atoms with Crippen LogP contribution in [0.15, 0.2) is 0 Å². The van der Waals surface area contributed by atoms with Gasteiger partial charge in [0.1, 0.15) is 0 Å². The molecule has 26 nitrogen and oxygen atoms in total. The van der Waals surface area contributed by atoms with Gasteiger partial charge in [0.05, 0.1) is 20.3 Å². The normalized spacial score (nSPS) is 3.43. The molecule has 0 heterocycles. The van der Waals surface area contributed by atoms with E-state index in [0.29, 0.717) is 0 Å². The van der Waals surface area contributed by atoms with Crippen molar-refractivity contribution in [1.29, 1.82) is 0 Å². The molecule has 0 aromatic heterocycles.